The normalized spacial score (nSPS) is 10.2. The van der Waals surface area contributed by atoms with Crippen LogP contribution in [-0.2, 0) is 20.0 Å². The van der Waals surface area contributed by atoms with Crippen molar-refractivity contribution in [3.8, 4) is 0 Å². The molecule has 0 bridgehead atoms. The van der Waals surface area contributed by atoms with Crippen LogP contribution in [0.5, 0.6) is 0 Å². The van der Waals surface area contributed by atoms with Crippen LogP contribution in [0.1, 0.15) is 18.2 Å². The summed E-state index contributed by atoms with van der Waals surface area (Å²) in [5, 5.41) is 11.2. The molecule has 0 radical (unpaired) electrons. The second kappa shape index (κ2) is 6.33. The standard InChI is InChI=1S/C14H18N4S/c1-3-11-6-4-5-7-13(11)17-14(19)15-10-12-8-9-16-18(12)2/h4-9H,3,10H2,1-2H3,(H2,15,17,19). The Kier molecular flexibility index (Phi) is 4.52. The molecule has 2 rings (SSSR count). The quantitative estimate of drug-likeness (QED) is 0.841. The van der Waals surface area contributed by atoms with Crippen molar-refractivity contribution < 1.29 is 0 Å². The van der Waals surface area contributed by atoms with Gasteiger partial charge in [-0.15, -0.1) is 0 Å². The number of rotatable bonds is 4. The molecule has 0 atom stereocenters. The van der Waals surface area contributed by atoms with Gasteiger partial charge in [0.15, 0.2) is 5.11 Å². The maximum Gasteiger partial charge on any atom is 0.171 e. The van der Waals surface area contributed by atoms with Crippen molar-refractivity contribution in [3.05, 3.63) is 47.8 Å². The van der Waals surface area contributed by atoms with Gasteiger partial charge in [-0.2, -0.15) is 5.10 Å². The number of nitrogens with one attached hydrogen (secondary N) is 2. The summed E-state index contributed by atoms with van der Waals surface area (Å²) >= 11 is 5.31. The fourth-order valence-corrected chi connectivity index (χ4v) is 2.04. The van der Waals surface area contributed by atoms with Crippen LogP contribution >= 0.6 is 12.2 Å². The fourth-order valence-electron chi connectivity index (χ4n) is 1.86. The van der Waals surface area contributed by atoms with Gasteiger partial charge in [-0.1, -0.05) is 25.1 Å². The molecule has 19 heavy (non-hydrogen) atoms. The Labute approximate surface area is 118 Å². The Bertz CT molecular complexity index is 562. The minimum atomic E-state index is 0.627. The zero-order valence-corrected chi connectivity index (χ0v) is 12.0. The summed E-state index contributed by atoms with van der Waals surface area (Å²) in [5.41, 5.74) is 3.41. The van der Waals surface area contributed by atoms with Gasteiger partial charge in [0.1, 0.15) is 0 Å². The highest BCUT2D eigenvalue weighted by atomic mass is 32.1. The monoisotopic (exact) mass is 274 g/mol. The lowest BCUT2D eigenvalue weighted by molar-refractivity contribution is 0.695. The van der Waals surface area contributed by atoms with Crippen molar-refractivity contribution in [1.29, 1.82) is 0 Å². The molecule has 0 spiro atoms. The van der Waals surface area contributed by atoms with Crippen molar-refractivity contribution >= 4 is 23.0 Å². The van der Waals surface area contributed by atoms with E-state index in [1.807, 2.05) is 36.0 Å². The lowest BCUT2D eigenvalue weighted by Crippen LogP contribution is -2.29. The molecular formula is C14H18N4S. The predicted molar refractivity (Wildman–Crippen MR) is 82.1 cm³/mol. The van der Waals surface area contributed by atoms with Gasteiger partial charge in [0, 0.05) is 18.9 Å². The Balaban J connectivity index is 1.93. The third-order valence-corrected chi connectivity index (χ3v) is 3.25. The third kappa shape index (κ3) is 3.54. The van der Waals surface area contributed by atoms with E-state index in [9.17, 15) is 0 Å². The highest BCUT2D eigenvalue weighted by Gasteiger charge is 2.03. The van der Waals surface area contributed by atoms with Crippen molar-refractivity contribution in [1.82, 2.24) is 15.1 Å². The van der Waals surface area contributed by atoms with Gasteiger partial charge < -0.3 is 10.6 Å². The molecule has 0 fully saturated rings. The lowest BCUT2D eigenvalue weighted by Gasteiger charge is -2.13. The zero-order chi connectivity index (χ0) is 13.7. The van der Waals surface area contributed by atoms with E-state index in [0.29, 0.717) is 11.7 Å². The lowest BCUT2D eigenvalue weighted by atomic mass is 10.1. The zero-order valence-electron chi connectivity index (χ0n) is 11.2. The molecule has 0 aliphatic heterocycles. The summed E-state index contributed by atoms with van der Waals surface area (Å²) in [6, 6.07) is 10.2. The summed E-state index contributed by atoms with van der Waals surface area (Å²) in [5.74, 6) is 0. The largest absolute Gasteiger partial charge is 0.357 e. The van der Waals surface area contributed by atoms with Crippen LogP contribution in [0, 0.1) is 0 Å². The molecule has 1 aromatic heterocycles. The number of hydrogen-bond donors (Lipinski definition) is 2. The van der Waals surface area contributed by atoms with Gasteiger partial charge in [-0.25, -0.2) is 0 Å². The molecule has 0 aliphatic carbocycles. The van der Waals surface area contributed by atoms with Gasteiger partial charge in [0.25, 0.3) is 0 Å². The summed E-state index contributed by atoms with van der Waals surface area (Å²) < 4.78 is 1.83. The molecule has 0 saturated carbocycles. The molecule has 1 aromatic carbocycles. The van der Waals surface area contributed by atoms with E-state index < -0.39 is 0 Å². The van der Waals surface area contributed by atoms with Crippen LogP contribution in [-0.4, -0.2) is 14.9 Å². The topological polar surface area (TPSA) is 41.9 Å². The van der Waals surface area contributed by atoms with E-state index in [4.69, 9.17) is 12.2 Å². The number of para-hydroxylation sites is 1. The summed E-state index contributed by atoms with van der Waals surface area (Å²) in [4.78, 5) is 0. The molecular weight excluding hydrogens is 256 g/mol. The second-order valence-corrected chi connectivity index (χ2v) is 4.67. The Morgan fingerprint density at radius 1 is 1.32 bits per heavy atom. The van der Waals surface area contributed by atoms with Crippen molar-refractivity contribution in [2.75, 3.05) is 5.32 Å². The highest BCUT2D eigenvalue weighted by molar-refractivity contribution is 7.80. The summed E-state index contributed by atoms with van der Waals surface area (Å²) in [6.45, 7) is 2.79. The molecule has 1 heterocycles. The Morgan fingerprint density at radius 3 is 2.79 bits per heavy atom. The van der Waals surface area contributed by atoms with E-state index >= 15 is 0 Å². The maximum atomic E-state index is 5.31. The first kappa shape index (κ1) is 13.5. The third-order valence-electron chi connectivity index (χ3n) is 3.00. The molecule has 0 unspecified atom stereocenters. The van der Waals surface area contributed by atoms with Gasteiger partial charge in [0.05, 0.1) is 12.2 Å². The molecule has 4 nitrogen and oxygen atoms in total. The summed E-state index contributed by atoms with van der Waals surface area (Å²) in [7, 11) is 1.92. The first-order valence-electron chi connectivity index (χ1n) is 6.30. The van der Waals surface area contributed by atoms with E-state index in [0.717, 1.165) is 17.8 Å². The van der Waals surface area contributed by atoms with Crippen LogP contribution in [0.2, 0.25) is 0 Å². The average Bonchev–Trinajstić information content (AvgIpc) is 2.82. The van der Waals surface area contributed by atoms with Gasteiger partial charge >= 0.3 is 0 Å². The van der Waals surface area contributed by atoms with Crippen LogP contribution < -0.4 is 10.6 Å². The number of aryl methyl sites for hydroxylation is 2. The minimum absolute atomic E-state index is 0.627. The molecule has 0 amide bonds. The predicted octanol–water partition coefficient (Wildman–Crippen LogP) is 2.47. The molecule has 2 aromatic rings. The highest BCUT2D eigenvalue weighted by Crippen LogP contribution is 2.15. The second-order valence-electron chi connectivity index (χ2n) is 4.26. The van der Waals surface area contributed by atoms with E-state index in [-0.39, 0.29) is 0 Å². The average molecular weight is 274 g/mol. The molecule has 2 N–H and O–H groups in total. The minimum Gasteiger partial charge on any atom is -0.357 e. The first-order valence-corrected chi connectivity index (χ1v) is 6.71. The van der Waals surface area contributed by atoms with Crippen LogP contribution in [0.15, 0.2) is 36.5 Å². The SMILES string of the molecule is CCc1ccccc1NC(=S)NCc1ccnn1C. The van der Waals surface area contributed by atoms with E-state index in [1.165, 1.54) is 5.56 Å². The van der Waals surface area contributed by atoms with E-state index in [1.54, 1.807) is 6.20 Å². The van der Waals surface area contributed by atoms with Crippen LogP contribution in [0.4, 0.5) is 5.69 Å². The molecule has 0 aliphatic rings. The van der Waals surface area contributed by atoms with Crippen molar-refractivity contribution in [2.45, 2.75) is 19.9 Å². The molecule has 5 heteroatoms. The number of anilines is 1. The Morgan fingerprint density at radius 2 is 2.11 bits per heavy atom. The van der Waals surface area contributed by atoms with Crippen LogP contribution in [0.25, 0.3) is 0 Å². The fraction of sp³-hybridized carbons (Fsp3) is 0.286. The van der Waals surface area contributed by atoms with Gasteiger partial charge in [-0.3, -0.25) is 4.68 Å². The molecule has 100 valence electrons. The number of aromatic nitrogens is 2. The van der Waals surface area contributed by atoms with E-state index in [2.05, 4.69) is 28.7 Å². The number of benzene rings is 1. The number of nitrogens with zero attached hydrogens (tertiary/aromatic N) is 2. The van der Waals surface area contributed by atoms with Crippen molar-refractivity contribution in [3.63, 3.8) is 0 Å². The van der Waals surface area contributed by atoms with Gasteiger partial charge in [0.2, 0.25) is 0 Å². The Hall–Kier alpha value is -1.88. The number of thiocarbonyl (C=S) groups is 1. The van der Waals surface area contributed by atoms with Crippen LogP contribution in [0.3, 0.4) is 0 Å². The van der Waals surface area contributed by atoms with Crippen molar-refractivity contribution in [2.24, 2.45) is 7.05 Å². The van der Waals surface area contributed by atoms with Gasteiger partial charge in [-0.05, 0) is 36.3 Å². The maximum absolute atomic E-state index is 5.31. The first-order chi connectivity index (χ1) is 9.20. The smallest absolute Gasteiger partial charge is 0.171 e. The molecule has 0 saturated heterocycles. The number of hydrogen-bond acceptors (Lipinski definition) is 2. The summed E-state index contributed by atoms with van der Waals surface area (Å²) in [6.07, 6.45) is 2.76.